The summed E-state index contributed by atoms with van der Waals surface area (Å²) in [6, 6.07) is 0. The van der Waals surface area contributed by atoms with Crippen molar-refractivity contribution in [3.63, 3.8) is 0 Å². The molecule has 5 atom stereocenters. The average molecular weight is 460 g/mol. The van der Waals surface area contributed by atoms with Gasteiger partial charge in [0.1, 0.15) is 24.4 Å². The van der Waals surface area contributed by atoms with E-state index in [1.54, 1.807) is 0 Å². The molecule has 2 fully saturated rings. The Kier molecular flexibility index (Phi) is 6.23. The van der Waals surface area contributed by atoms with Crippen LogP contribution in [0.15, 0.2) is 0 Å². The molecule has 0 saturated carbocycles. The third-order valence-corrected chi connectivity index (χ3v) is 4.64. The number of hydrogen-bond acceptors (Lipinski definition) is 12. The van der Waals surface area contributed by atoms with Crippen LogP contribution in [0.4, 0.5) is 0 Å². The monoisotopic (exact) mass is 460 g/mol. The summed E-state index contributed by atoms with van der Waals surface area (Å²) >= 11 is 0. The Morgan fingerprint density at radius 3 is 2.04 bits per heavy atom. The third-order valence-electron chi connectivity index (χ3n) is 3.25. The third kappa shape index (κ3) is 6.80. The Balaban J connectivity index is 2.33. The van der Waals surface area contributed by atoms with E-state index in [2.05, 4.69) is 12.5 Å². The highest BCUT2D eigenvalue weighted by Gasteiger charge is 2.59. The maximum Gasteiger partial charge on any atom is 0.397 e. The van der Waals surface area contributed by atoms with E-state index < -0.39 is 74.3 Å². The molecular formula is C9H16O15S3. The standard InChI is InChI=1S/C9H16O15S3/c1-9(2)21-7-6(24-27(16,17)18)5(20-8(7)22-9)4(23-26(13,14)15)3-19-25(10,11)12/h4-8H,3H2,1-2H3,(H,10,11,12)(H,13,14,15)(H,16,17,18)/t4-,5-,6+,7-,8?/m1/s1. The van der Waals surface area contributed by atoms with Gasteiger partial charge < -0.3 is 14.2 Å². The van der Waals surface area contributed by atoms with E-state index in [0.717, 1.165) is 0 Å². The van der Waals surface area contributed by atoms with Crippen LogP contribution in [-0.4, -0.2) is 82.0 Å². The Hall–Kier alpha value is -0.510. The summed E-state index contributed by atoms with van der Waals surface area (Å²) in [5, 5.41) is 0. The summed E-state index contributed by atoms with van der Waals surface area (Å²) in [7, 11) is -15.4. The van der Waals surface area contributed by atoms with Crippen molar-refractivity contribution < 1.29 is 65.7 Å². The van der Waals surface area contributed by atoms with Crippen LogP contribution in [-0.2, 0) is 58.0 Å². The molecule has 3 N–H and O–H groups in total. The van der Waals surface area contributed by atoms with E-state index in [-0.39, 0.29) is 0 Å². The second-order valence-electron chi connectivity index (χ2n) is 5.83. The van der Waals surface area contributed by atoms with E-state index in [0.29, 0.717) is 0 Å². The molecule has 160 valence electrons. The van der Waals surface area contributed by atoms with Gasteiger partial charge in [0, 0.05) is 0 Å². The fourth-order valence-electron chi connectivity index (χ4n) is 2.54. The van der Waals surface area contributed by atoms with Crippen molar-refractivity contribution >= 4 is 31.2 Å². The topological polar surface area (TPSA) is 218 Å². The van der Waals surface area contributed by atoms with Crippen molar-refractivity contribution in [2.45, 2.75) is 50.3 Å². The Morgan fingerprint density at radius 1 is 0.963 bits per heavy atom. The molecule has 0 aromatic rings. The molecule has 0 spiro atoms. The van der Waals surface area contributed by atoms with Gasteiger partial charge in [-0.2, -0.15) is 25.3 Å². The minimum Gasteiger partial charge on any atom is -0.341 e. The molecule has 0 aromatic heterocycles. The van der Waals surface area contributed by atoms with E-state index in [9.17, 15) is 25.3 Å². The molecule has 2 saturated heterocycles. The first-order valence-corrected chi connectivity index (χ1v) is 11.0. The largest absolute Gasteiger partial charge is 0.397 e. The first-order chi connectivity index (χ1) is 12.0. The molecule has 2 rings (SSSR count). The molecule has 2 aliphatic heterocycles. The normalized spacial score (nSPS) is 32.3. The maximum absolute atomic E-state index is 11.1. The van der Waals surface area contributed by atoms with Crippen molar-refractivity contribution in [3.8, 4) is 0 Å². The quantitative estimate of drug-likeness (QED) is 0.335. The smallest absolute Gasteiger partial charge is 0.341 e. The second-order valence-corrected chi connectivity index (χ2v) is 9.02. The van der Waals surface area contributed by atoms with Gasteiger partial charge in [0.05, 0.1) is 6.61 Å². The van der Waals surface area contributed by atoms with Crippen molar-refractivity contribution in [1.82, 2.24) is 0 Å². The first kappa shape index (κ1) is 22.8. The zero-order valence-corrected chi connectivity index (χ0v) is 16.0. The zero-order valence-electron chi connectivity index (χ0n) is 13.6. The Labute approximate surface area is 154 Å². The molecule has 0 bridgehead atoms. The van der Waals surface area contributed by atoms with Crippen LogP contribution >= 0.6 is 0 Å². The van der Waals surface area contributed by atoms with Crippen LogP contribution in [0, 0.1) is 0 Å². The number of hydrogen-bond donors (Lipinski definition) is 3. The molecule has 1 unspecified atom stereocenters. The minimum atomic E-state index is -5.23. The molecule has 18 heteroatoms. The summed E-state index contributed by atoms with van der Waals surface area (Å²) in [6.45, 7) is 1.61. The lowest BCUT2D eigenvalue weighted by molar-refractivity contribution is -0.223. The maximum atomic E-state index is 11.1. The van der Waals surface area contributed by atoms with Gasteiger partial charge in [-0.05, 0) is 13.8 Å². The zero-order chi connectivity index (χ0) is 20.8. The second kappa shape index (κ2) is 7.39. The van der Waals surface area contributed by atoms with Gasteiger partial charge >= 0.3 is 31.2 Å². The van der Waals surface area contributed by atoms with Crippen LogP contribution in [0.25, 0.3) is 0 Å². The van der Waals surface area contributed by atoms with Gasteiger partial charge in [-0.25, -0.2) is 12.5 Å². The van der Waals surface area contributed by atoms with Crippen LogP contribution in [0.5, 0.6) is 0 Å². The SMILES string of the molecule is CC1(C)OC2O[C@H]([C@@H](COS(=O)(=O)O)OS(=O)(=O)O)[C@H](OS(=O)(=O)O)[C@H]2O1. The van der Waals surface area contributed by atoms with Gasteiger partial charge in [0.25, 0.3) is 0 Å². The van der Waals surface area contributed by atoms with Crippen molar-refractivity contribution in [2.24, 2.45) is 0 Å². The predicted octanol–water partition coefficient (Wildman–Crippen LogP) is -1.94. The molecule has 0 radical (unpaired) electrons. The lowest BCUT2D eigenvalue weighted by atomic mass is 10.1. The molecule has 0 aliphatic carbocycles. The highest BCUT2D eigenvalue weighted by Crippen LogP contribution is 2.40. The summed E-state index contributed by atoms with van der Waals surface area (Å²) in [4.78, 5) is 0. The minimum absolute atomic E-state index is 1.25. The lowest BCUT2D eigenvalue weighted by Gasteiger charge is -2.28. The highest BCUT2D eigenvalue weighted by atomic mass is 32.3. The van der Waals surface area contributed by atoms with Gasteiger partial charge in [0.15, 0.2) is 12.1 Å². The van der Waals surface area contributed by atoms with E-state index in [1.807, 2.05) is 0 Å². The van der Waals surface area contributed by atoms with Crippen LogP contribution in [0.1, 0.15) is 13.8 Å². The van der Waals surface area contributed by atoms with Gasteiger partial charge in [-0.3, -0.25) is 13.7 Å². The van der Waals surface area contributed by atoms with Gasteiger partial charge in [0.2, 0.25) is 0 Å². The molecule has 15 nitrogen and oxygen atoms in total. The van der Waals surface area contributed by atoms with Crippen LogP contribution in [0.3, 0.4) is 0 Å². The summed E-state index contributed by atoms with van der Waals surface area (Å²) in [6.07, 6.45) is -8.33. The lowest BCUT2D eigenvalue weighted by Crippen LogP contribution is -2.47. The summed E-state index contributed by atoms with van der Waals surface area (Å²) in [5.41, 5.74) is 0. The number of rotatable bonds is 8. The Morgan fingerprint density at radius 2 is 1.56 bits per heavy atom. The predicted molar refractivity (Wildman–Crippen MR) is 79.0 cm³/mol. The van der Waals surface area contributed by atoms with E-state index in [4.69, 9.17) is 27.9 Å². The molecule has 2 heterocycles. The van der Waals surface area contributed by atoms with Gasteiger partial charge in [-0.1, -0.05) is 0 Å². The van der Waals surface area contributed by atoms with Crippen LogP contribution in [0.2, 0.25) is 0 Å². The summed E-state index contributed by atoms with van der Waals surface area (Å²) < 4.78 is 121. The summed E-state index contributed by atoms with van der Waals surface area (Å²) in [5.74, 6) is -1.27. The van der Waals surface area contributed by atoms with E-state index in [1.165, 1.54) is 13.8 Å². The average Bonchev–Trinajstić information content (AvgIpc) is 2.84. The Bertz CT molecular complexity index is 858. The van der Waals surface area contributed by atoms with Crippen LogP contribution < -0.4 is 0 Å². The fourth-order valence-corrected chi connectivity index (χ4v) is 3.82. The molecule has 0 aromatic carbocycles. The molecular weight excluding hydrogens is 444 g/mol. The van der Waals surface area contributed by atoms with Gasteiger partial charge in [-0.15, -0.1) is 0 Å². The number of ether oxygens (including phenoxy) is 3. The number of fused-ring (bicyclic) bond motifs is 1. The molecule has 2 aliphatic rings. The first-order valence-electron chi connectivity index (χ1n) is 6.90. The molecule has 0 amide bonds. The molecule has 27 heavy (non-hydrogen) atoms. The van der Waals surface area contributed by atoms with Crippen molar-refractivity contribution in [1.29, 1.82) is 0 Å². The van der Waals surface area contributed by atoms with Crippen molar-refractivity contribution in [2.75, 3.05) is 6.61 Å². The fraction of sp³-hybridized carbons (Fsp3) is 1.00. The van der Waals surface area contributed by atoms with Crippen molar-refractivity contribution in [3.05, 3.63) is 0 Å². The van der Waals surface area contributed by atoms with E-state index >= 15 is 0 Å². The highest BCUT2D eigenvalue weighted by molar-refractivity contribution is 7.81.